The standard InChI is InChI=1S/C20H19NO3/c1-3-22-18-12-15-10-13(2)23-19(15)11-14(18)8-9-20-21-16-6-4-5-7-17(16)24-20/h4-9,11-13H,3,10H2,1-2H3. The van der Waals surface area contributed by atoms with Gasteiger partial charge >= 0.3 is 0 Å². The Labute approximate surface area is 140 Å². The molecule has 0 aliphatic carbocycles. The molecule has 0 bridgehead atoms. The molecule has 1 aromatic heterocycles. The second-order valence-electron chi connectivity index (χ2n) is 5.92. The lowest BCUT2D eigenvalue weighted by Gasteiger charge is -2.09. The molecule has 1 aliphatic heterocycles. The van der Waals surface area contributed by atoms with Crippen LogP contribution in [0.4, 0.5) is 0 Å². The Bertz CT molecular complexity index is 877. The summed E-state index contributed by atoms with van der Waals surface area (Å²) in [4.78, 5) is 4.46. The SMILES string of the molecule is CCOc1cc2c(cc1C=Cc1nc3ccccc3o1)OC(C)C2. The topological polar surface area (TPSA) is 44.5 Å². The molecule has 0 fully saturated rings. The highest BCUT2D eigenvalue weighted by Crippen LogP contribution is 2.36. The first-order valence-corrected chi connectivity index (χ1v) is 8.23. The van der Waals surface area contributed by atoms with E-state index in [1.54, 1.807) is 0 Å². The predicted octanol–water partition coefficient (Wildman–Crippen LogP) is 4.72. The minimum atomic E-state index is 0.214. The summed E-state index contributed by atoms with van der Waals surface area (Å²) in [6, 6.07) is 11.8. The summed E-state index contributed by atoms with van der Waals surface area (Å²) in [6.07, 6.45) is 4.96. The van der Waals surface area contributed by atoms with Crippen molar-refractivity contribution in [3.05, 3.63) is 53.4 Å². The van der Waals surface area contributed by atoms with Crippen molar-refractivity contribution in [3.63, 3.8) is 0 Å². The predicted molar refractivity (Wildman–Crippen MR) is 94.3 cm³/mol. The summed E-state index contributed by atoms with van der Waals surface area (Å²) in [5, 5.41) is 0. The number of para-hydroxylation sites is 2. The number of aromatic nitrogens is 1. The fourth-order valence-corrected chi connectivity index (χ4v) is 2.99. The molecule has 122 valence electrons. The van der Waals surface area contributed by atoms with Gasteiger partial charge in [-0.25, -0.2) is 4.98 Å². The monoisotopic (exact) mass is 321 g/mol. The molecule has 24 heavy (non-hydrogen) atoms. The Kier molecular flexibility index (Phi) is 3.73. The zero-order valence-corrected chi connectivity index (χ0v) is 13.8. The summed E-state index contributed by atoms with van der Waals surface area (Å²) in [5.74, 6) is 2.37. The fraction of sp³-hybridized carbons (Fsp3) is 0.250. The summed E-state index contributed by atoms with van der Waals surface area (Å²) in [6.45, 7) is 4.69. The zero-order valence-electron chi connectivity index (χ0n) is 13.8. The van der Waals surface area contributed by atoms with E-state index in [1.807, 2.05) is 49.4 Å². The number of fused-ring (bicyclic) bond motifs is 2. The van der Waals surface area contributed by atoms with Gasteiger partial charge < -0.3 is 13.9 Å². The third-order valence-electron chi connectivity index (χ3n) is 4.04. The number of nitrogens with zero attached hydrogens (tertiary/aromatic N) is 1. The van der Waals surface area contributed by atoms with Gasteiger partial charge in [-0.3, -0.25) is 0 Å². The average Bonchev–Trinajstić information content (AvgIpc) is 3.14. The summed E-state index contributed by atoms with van der Waals surface area (Å²) >= 11 is 0. The molecule has 0 amide bonds. The second kappa shape index (κ2) is 6.04. The van der Waals surface area contributed by atoms with Crippen LogP contribution in [-0.4, -0.2) is 17.7 Å². The van der Waals surface area contributed by atoms with Gasteiger partial charge in [-0.15, -0.1) is 0 Å². The van der Waals surface area contributed by atoms with E-state index in [0.717, 1.165) is 34.6 Å². The van der Waals surface area contributed by atoms with Crippen LogP contribution in [0, 0.1) is 0 Å². The van der Waals surface area contributed by atoms with E-state index >= 15 is 0 Å². The van der Waals surface area contributed by atoms with Crippen molar-refractivity contribution in [2.75, 3.05) is 6.61 Å². The first-order chi connectivity index (χ1) is 11.7. The third kappa shape index (κ3) is 2.75. The van der Waals surface area contributed by atoms with E-state index in [9.17, 15) is 0 Å². The first-order valence-electron chi connectivity index (χ1n) is 8.23. The molecule has 4 heteroatoms. The molecule has 4 nitrogen and oxygen atoms in total. The molecule has 2 heterocycles. The van der Waals surface area contributed by atoms with Gasteiger partial charge in [0.05, 0.1) is 6.61 Å². The van der Waals surface area contributed by atoms with Crippen LogP contribution >= 0.6 is 0 Å². The lowest BCUT2D eigenvalue weighted by molar-refractivity contribution is 0.254. The van der Waals surface area contributed by atoms with Crippen LogP contribution in [0.25, 0.3) is 23.3 Å². The molecule has 0 spiro atoms. The van der Waals surface area contributed by atoms with Gasteiger partial charge in [0.15, 0.2) is 5.58 Å². The van der Waals surface area contributed by atoms with Gasteiger partial charge in [0.2, 0.25) is 5.89 Å². The van der Waals surface area contributed by atoms with Gasteiger partial charge in [0.1, 0.15) is 23.1 Å². The minimum Gasteiger partial charge on any atom is -0.493 e. The van der Waals surface area contributed by atoms with E-state index in [0.29, 0.717) is 12.5 Å². The van der Waals surface area contributed by atoms with Crippen LogP contribution < -0.4 is 9.47 Å². The van der Waals surface area contributed by atoms with Crippen molar-refractivity contribution >= 4 is 23.3 Å². The van der Waals surface area contributed by atoms with Gasteiger partial charge in [0.25, 0.3) is 0 Å². The van der Waals surface area contributed by atoms with Crippen LogP contribution in [-0.2, 0) is 6.42 Å². The molecule has 1 atom stereocenters. The Morgan fingerprint density at radius 2 is 2.12 bits per heavy atom. The molecule has 1 unspecified atom stereocenters. The first kappa shape index (κ1) is 14.8. The van der Waals surface area contributed by atoms with Crippen molar-refractivity contribution in [3.8, 4) is 11.5 Å². The van der Waals surface area contributed by atoms with Gasteiger partial charge in [-0.05, 0) is 44.2 Å². The molecule has 0 saturated carbocycles. The van der Waals surface area contributed by atoms with Crippen molar-refractivity contribution in [2.45, 2.75) is 26.4 Å². The molecular weight excluding hydrogens is 302 g/mol. The highest BCUT2D eigenvalue weighted by molar-refractivity contribution is 5.77. The quantitative estimate of drug-likeness (QED) is 0.697. The Morgan fingerprint density at radius 1 is 1.25 bits per heavy atom. The second-order valence-corrected chi connectivity index (χ2v) is 5.92. The highest BCUT2D eigenvalue weighted by Gasteiger charge is 2.21. The summed E-state index contributed by atoms with van der Waals surface area (Å²) in [7, 11) is 0. The Balaban J connectivity index is 1.68. The van der Waals surface area contributed by atoms with Crippen LogP contribution in [0.1, 0.15) is 30.9 Å². The van der Waals surface area contributed by atoms with Crippen LogP contribution in [0.3, 0.4) is 0 Å². The molecule has 0 saturated heterocycles. The maximum atomic E-state index is 5.85. The molecule has 3 aromatic rings. The molecular formula is C20H19NO3. The lowest BCUT2D eigenvalue weighted by Crippen LogP contribution is -2.05. The molecule has 4 rings (SSSR count). The maximum Gasteiger partial charge on any atom is 0.220 e. The van der Waals surface area contributed by atoms with Gasteiger partial charge in [-0.2, -0.15) is 0 Å². The molecule has 0 radical (unpaired) electrons. The maximum absolute atomic E-state index is 5.85. The van der Waals surface area contributed by atoms with Crippen molar-refractivity contribution < 1.29 is 13.9 Å². The lowest BCUT2D eigenvalue weighted by atomic mass is 10.1. The minimum absolute atomic E-state index is 0.214. The average molecular weight is 321 g/mol. The number of rotatable bonds is 4. The largest absolute Gasteiger partial charge is 0.493 e. The molecule has 0 N–H and O–H groups in total. The van der Waals surface area contributed by atoms with Crippen molar-refractivity contribution in [1.82, 2.24) is 4.98 Å². The Hall–Kier alpha value is -2.75. The number of hydrogen-bond acceptors (Lipinski definition) is 4. The van der Waals surface area contributed by atoms with E-state index in [2.05, 4.69) is 18.0 Å². The van der Waals surface area contributed by atoms with E-state index in [-0.39, 0.29) is 6.10 Å². The summed E-state index contributed by atoms with van der Waals surface area (Å²) in [5.41, 5.74) is 3.80. The van der Waals surface area contributed by atoms with Gasteiger partial charge in [-0.1, -0.05) is 12.1 Å². The molecule has 1 aliphatic rings. The van der Waals surface area contributed by atoms with Crippen molar-refractivity contribution in [2.24, 2.45) is 0 Å². The Morgan fingerprint density at radius 3 is 2.96 bits per heavy atom. The number of hydrogen-bond donors (Lipinski definition) is 0. The number of ether oxygens (including phenoxy) is 2. The van der Waals surface area contributed by atoms with Crippen molar-refractivity contribution in [1.29, 1.82) is 0 Å². The summed E-state index contributed by atoms with van der Waals surface area (Å²) < 4.78 is 17.4. The zero-order chi connectivity index (χ0) is 16.5. The third-order valence-corrected chi connectivity index (χ3v) is 4.04. The normalized spacial score (nSPS) is 16.5. The molecule has 2 aromatic carbocycles. The number of oxazole rings is 1. The van der Waals surface area contributed by atoms with E-state index in [1.165, 1.54) is 5.56 Å². The van der Waals surface area contributed by atoms with E-state index in [4.69, 9.17) is 13.9 Å². The van der Waals surface area contributed by atoms with Crippen LogP contribution in [0.5, 0.6) is 11.5 Å². The van der Waals surface area contributed by atoms with Crippen LogP contribution in [0.2, 0.25) is 0 Å². The van der Waals surface area contributed by atoms with Gasteiger partial charge in [0, 0.05) is 23.6 Å². The fourth-order valence-electron chi connectivity index (χ4n) is 2.99. The van der Waals surface area contributed by atoms with E-state index < -0.39 is 0 Å². The smallest absolute Gasteiger partial charge is 0.220 e. The number of benzene rings is 2. The highest BCUT2D eigenvalue weighted by atomic mass is 16.5. The van der Waals surface area contributed by atoms with Crippen LogP contribution in [0.15, 0.2) is 40.8 Å².